The lowest BCUT2D eigenvalue weighted by Gasteiger charge is -2.08. The Morgan fingerprint density at radius 1 is 1.44 bits per heavy atom. The molecule has 0 spiro atoms. The minimum atomic E-state index is 0.0195. The molecule has 3 N–H and O–H groups in total. The van der Waals surface area contributed by atoms with Crippen molar-refractivity contribution in [3.63, 3.8) is 0 Å². The summed E-state index contributed by atoms with van der Waals surface area (Å²) in [6.07, 6.45) is 0.525. The Hall–Kier alpha value is -1.16. The normalized spacial score (nSPS) is 10.4. The number of amides is 1. The molecule has 0 saturated carbocycles. The molecule has 1 aromatic rings. The maximum Gasteiger partial charge on any atom is 0.225 e. The van der Waals surface area contributed by atoms with Crippen LogP contribution in [0, 0.1) is 0 Å². The molecule has 0 aliphatic carbocycles. The Kier molecular flexibility index (Phi) is 5.19. The number of nitrogens with one attached hydrogen (secondary N) is 1. The summed E-state index contributed by atoms with van der Waals surface area (Å²) in [6.45, 7) is 4.25. The van der Waals surface area contributed by atoms with Gasteiger partial charge in [-0.1, -0.05) is 26.0 Å². The van der Waals surface area contributed by atoms with E-state index in [1.54, 1.807) is 17.8 Å². The van der Waals surface area contributed by atoms with Crippen molar-refractivity contribution in [2.45, 2.75) is 25.5 Å². The lowest BCUT2D eigenvalue weighted by molar-refractivity contribution is -0.115. The molecule has 0 radical (unpaired) electrons. The second-order valence-corrected chi connectivity index (χ2v) is 5.49. The average Bonchev–Trinajstić information content (AvgIpc) is 2.21. The maximum atomic E-state index is 11.6. The number of rotatable bonds is 5. The molecule has 0 fully saturated rings. The first-order valence-corrected chi connectivity index (χ1v) is 6.40. The van der Waals surface area contributed by atoms with Crippen molar-refractivity contribution in [3.05, 3.63) is 24.3 Å². The van der Waals surface area contributed by atoms with Crippen LogP contribution in [0.3, 0.4) is 0 Å². The number of carbonyl (C=O) groups excluding carboxylic acids is 1. The van der Waals surface area contributed by atoms with Gasteiger partial charge in [0.1, 0.15) is 0 Å². The van der Waals surface area contributed by atoms with E-state index in [9.17, 15) is 4.79 Å². The number of para-hydroxylation sites is 2. The standard InChI is InChI=1S/C12H18N2OS/c1-9(2)16-8-7-12(15)14-11-6-4-3-5-10(11)13/h3-6,9H,7-8,13H2,1-2H3,(H,14,15). The van der Waals surface area contributed by atoms with Gasteiger partial charge in [0.05, 0.1) is 11.4 Å². The lowest BCUT2D eigenvalue weighted by Crippen LogP contribution is -2.13. The molecule has 1 rings (SSSR count). The fourth-order valence-corrected chi connectivity index (χ4v) is 1.99. The Morgan fingerprint density at radius 3 is 2.75 bits per heavy atom. The molecule has 0 bridgehead atoms. The molecular formula is C12H18N2OS. The molecule has 0 heterocycles. The molecule has 88 valence electrons. The smallest absolute Gasteiger partial charge is 0.225 e. The molecule has 0 aliphatic heterocycles. The van der Waals surface area contributed by atoms with Gasteiger partial charge in [0.25, 0.3) is 0 Å². The highest BCUT2D eigenvalue weighted by Crippen LogP contribution is 2.17. The Morgan fingerprint density at radius 2 is 2.12 bits per heavy atom. The van der Waals surface area contributed by atoms with Crippen LogP contribution in [0.4, 0.5) is 11.4 Å². The highest BCUT2D eigenvalue weighted by atomic mass is 32.2. The molecule has 0 saturated heterocycles. The van der Waals surface area contributed by atoms with E-state index < -0.39 is 0 Å². The lowest BCUT2D eigenvalue weighted by atomic mass is 10.2. The van der Waals surface area contributed by atoms with Gasteiger partial charge in [-0.25, -0.2) is 0 Å². The molecule has 1 aromatic carbocycles. The number of nitrogens with two attached hydrogens (primary N) is 1. The summed E-state index contributed by atoms with van der Waals surface area (Å²) in [6, 6.07) is 7.29. The molecule has 3 nitrogen and oxygen atoms in total. The van der Waals surface area contributed by atoms with Crippen molar-refractivity contribution < 1.29 is 4.79 Å². The predicted molar refractivity (Wildman–Crippen MR) is 71.7 cm³/mol. The van der Waals surface area contributed by atoms with Crippen LogP contribution in [0.15, 0.2) is 24.3 Å². The summed E-state index contributed by atoms with van der Waals surface area (Å²) >= 11 is 1.78. The second-order valence-electron chi connectivity index (χ2n) is 3.80. The number of thioether (sulfide) groups is 1. The average molecular weight is 238 g/mol. The maximum absolute atomic E-state index is 11.6. The number of nitrogen functional groups attached to an aromatic ring is 1. The van der Waals surface area contributed by atoms with Gasteiger partial charge in [0, 0.05) is 12.2 Å². The number of carbonyl (C=O) groups is 1. The topological polar surface area (TPSA) is 55.1 Å². The molecule has 0 atom stereocenters. The van der Waals surface area contributed by atoms with Crippen LogP contribution in [0.2, 0.25) is 0 Å². The van der Waals surface area contributed by atoms with Gasteiger partial charge in [-0.05, 0) is 17.4 Å². The number of hydrogen-bond acceptors (Lipinski definition) is 3. The zero-order valence-electron chi connectivity index (χ0n) is 9.69. The highest BCUT2D eigenvalue weighted by molar-refractivity contribution is 7.99. The van der Waals surface area contributed by atoms with Crippen molar-refractivity contribution in [3.8, 4) is 0 Å². The van der Waals surface area contributed by atoms with E-state index in [4.69, 9.17) is 5.73 Å². The third-order valence-electron chi connectivity index (χ3n) is 2.02. The number of benzene rings is 1. The molecule has 0 unspecified atom stereocenters. The molecule has 16 heavy (non-hydrogen) atoms. The molecule has 0 aromatic heterocycles. The van der Waals surface area contributed by atoms with Crippen molar-refractivity contribution in [2.24, 2.45) is 0 Å². The van der Waals surface area contributed by atoms with Gasteiger partial charge in [-0.2, -0.15) is 11.8 Å². The number of anilines is 2. The van der Waals surface area contributed by atoms with E-state index in [0.717, 1.165) is 5.75 Å². The monoisotopic (exact) mass is 238 g/mol. The minimum absolute atomic E-state index is 0.0195. The quantitative estimate of drug-likeness (QED) is 0.775. The van der Waals surface area contributed by atoms with Gasteiger partial charge in [0.15, 0.2) is 0 Å². The van der Waals surface area contributed by atoms with Crippen molar-refractivity contribution in [1.29, 1.82) is 0 Å². The SMILES string of the molecule is CC(C)SCCC(=O)Nc1ccccc1N. The molecule has 1 amide bonds. The van der Waals surface area contributed by atoms with Crippen molar-refractivity contribution in [2.75, 3.05) is 16.8 Å². The van der Waals surface area contributed by atoms with Crippen LogP contribution in [0.25, 0.3) is 0 Å². The van der Waals surface area contributed by atoms with Gasteiger partial charge in [0.2, 0.25) is 5.91 Å². The van der Waals surface area contributed by atoms with Crippen LogP contribution < -0.4 is 11.1 Å². The van der Waals surface area contributed by atoms with Crippen LogP contribution in [-0.2, 0) is 4.79 Å². The zero-order valence-corrected chi connectivity index (χ0v) is 10.5. The molecule has 4 heteroatoms. The van der Waals surface area contributed by atoms with E-state index >= 15 is 0 Å². The van der Waals surface area contributed by atoms with Crippen LogP contribution in [0.5, 0.6) is 0 Å². The Labute approximate surface area is 101 Å². The Bertz CT molecular complexity index is 353. The highest BCUT2D eigenvalue weighted by Gasteiger charge is 2.05. The fourth-order valence-electron chi connectivity index (χ4n) is 1.21. The zero-order chi connectivity index (χ0) is 12.0. The van der Waals surface area contributed by atoms with E-state index in [2.05, 4.69) is 19.2 Å². The minimum Gasteiger partial charge on any atom is -0.397 e. The third-order valence-corrected chi connectivity index (χ3v) is 3.12. The first-order valence-electron chi connectivity index (χ1n) is 5.35. The molecular weight excluding hydrogens is 220 g/mol. The van der Waals surface area contributed by atoms with Gasteiger partial charge in [-0.15, -0.1) is 0 Å². The summed E-state index contributed by atoms with van der Waals surface area (Å²) in [5.74, 6) is 0.863. The van der Waals surface area contributed by atoms with E-state index in [0.29, 0.717) is 23.0 Å². The van der Waals surface area contributed by atoms with E-state index in [1.165, 1.54) is 0 Å². The van der Waals surface area contributed by atoms with Gasteiger partial charge < -0.3 is 11.1 Å². The van der Waals surface area contributed by atoms with Crippen LogP contribution in [-0.4, -0.2) is 16.9 Å². The van der Waals surface area contributed by atoms with Crippen molar-refractivity contribution >= 4 is 29.0 Å². The predicted octanol–water partition coefficient (Wildman–Crippen LogP) is 2.74. The van der Waals surface area contributed by atoms with Crippen LogP contribution in [0.1, 0.15) is 20.3 Å². The first kappa shape index (κ1) is 12.9. The van der Waals surface area contributed by atoms with Gasteiger partial charge >= 0.3 is 0 Å². The summed E-state index contributed by atoms with van der Waals surface area (Å²) in [4.78, 5) is 11.6. The summed E-state index contributed by atoms with van der Waals surface area (Å²) in [5.41, 5.74) is 7.03. The third kappa shape index (κ3) is 4.57. The summed E-state index contributed by atoms with van der Waals surface area (Å²) in [5, 5.41) is 3.37. The van der Waals surface area contributed by atoms with E-state index in [1.807, 2.05) is 18.2 Å². The van der Waals surface area contributed by atoms with Crippen LogP contribution >= 0.6 is 11.8 Å². The second kappa shape index (κ2) is 6.43. The summed E-state index contributed by atoms with van der Waals surface area (Å²) < 4.78 is 0. The van der Waals surface area contributed by atoms with Gasteiger partial charge in [-0.3, -0.25) is 4.79 Å². The van der Waals surface area contributed by atoms with Crippen molar-refractivity contribution in [1.82, 2.24) is 0 Å². The number of hydrogen-bond donors (Lipinski definition) is 2. The van der Waals surface area contributed by atoms with E-state index in [-0.39, 0.29) is 5.91 Å². The molecule has 0 aliphatic rings. The summed E-state index contributed by atoms with van der Waals surface area (Å²) in [7, 11) is 0. The first-order chi connectivity index (χ1) is 7.59. The Balaban J connectivity index is 2.37. The largest absolute Gasteiger partial charge is 0.397 e. The fraction of sp³-hybridized carbons (Fsp3) is 0.417.